The molecule has 1 fully saturated rings. The Balaban J connectivity index is 1.95. The molecule has 134 valence electrons. The quantitative estimate of drug-likeness (QED) is 0.597. The second-order valence-corrected chi connectivity index (χ2v) is 7.58. The van der Waals surface area contributed by atoms with Gasteiger partial charge >= 0.3 is 5.97 Å². The molecule has 0 unspecified atom stereocenters. The molecule has 0 amide bonds. The van der Waals surface area contributed by atoms with E-state index in [4.69, 9.17) is 4.74 Å². The third-order valence-corrected chi connectivity index (χ3v) is 5.91. The number of hydrogen-bond acceptors (Lipinski definition) is 5. The van der Waals surface area contributed by atoms with Gasteiger partial charge in [0.15, 0.2) is 5.03 Å². The van der Waals surface area contributed by atoms with Gasteiger partial charge in [-0.1, -0.05) is 11.8 Å². The SMILES string of the molecule is CCOC(=O)CSc1[nH+]c(N2CCCCC2)c2c(c1C#N)CCCC2. The highest BCUT2D eigenvalue weighted by Crippen LogP contribution is 2.34. The Morgan fingerprint density at radius 1 is 1.20 bits per heavy atom. The van der Waals surface area contributed by atoms with Crippen molar-refractivity contribution in [3.8, 4) is 6.07 Å². The van der Waals surface area contributed by atoms with Crippen LogP contribution in [0.25, 0.3) is 0 Å². The highest BCUT2D eigenvalue weighted by molar-refractivity contribution is 7.99. The third-order valence-electron chi connectivity index (χ3n) is 4.94. The number of pyridine rings is 1. The third kappa shape index (κ3) is 4.09. The molecule has 0 atom stereocenters. The number of ether oxygens (including phenoxy) is 1. The number of nitrogens with zero attached hydrogens (tertiary/aromatic N) is 2. The van der Waals surface area contributed by atoms with Gasteiger partial charge in [-0.2, -0.15) is 5.26 Å². The van der Waals surface area contributed by atoms with Crippen molar-refractivity contribution in [3.63, 3.8) is 0 Å². The van der Waals surface area contributed by atoms with Crippen LogP contribution >= 0.6 is 11.8 Å². The lowest BCUT2D eigenvalue weighted by atomic mass is 9.89. The molecule has 25 heavy (non-hydrogen) atoms. The fraction of sp³-hybridized carbons (Fsp3) is 0.632. The zero-order chi connectivity index (χ0) is 17.6. The molecule has 0 spiro atoms. The molecule has 0 saturated carbocycles. The standard InChI is InChI=1S/C19H25N3O2S/c1-2-24-17(23)13-25-19-16(12-20)14-8-4-5-9-15(14)18(21-19)22-10-6-3-7-11-22/h2-11,13H2,1H3/p+1. The maximum Gasteiger partial charge on any atom is 0.316 e. The van der Waals surface area contributed by atoms with Crippen LogP contribution in [0.2, 0.25) is 0 Å². The van der Waals surface area contributed by atoms with Gasteiger partial charge in [-0.3, -0.25) is 9.69 Å². The van der Waals surface area contributed by atoms with E-state index in [0.29, 0.717) is 6.61 Å². The van der Waals surface area contributed by atoms with Gasteiger partial charge in [0.25, 0.3) is 5.82 Å². The van der Waals surface area contributed by atoms with E-state index in [9.17, 15) is 10.1 Å². The van der Waals surface area contributed by atoms with E-state index in [0.717, 1.165) is 42.9 Å². The lowest BCUT2D eigenvalue weighted by Crippen LogP contribution is -2.37. The number of anilines is 1. The zero-order valence-corrected chi connectivity index (χ0v) is 15.7. The first kappa shape index (κ1) is 18.1. The molecule has 1 saturated heterocycles. The van der Waals surface area contributed by atoms with Gasteiger partial charge < -0.3 is 4.74 Å². The second-order valence-electron chi connectivity index (χ2n) is 6.60. The van der Waals surface area contributed by atoms with Crippen LogP contribution in [0.15, 0.2) is 5.03 Å². The molecule has 1 aliphatic heterocycles. The molecule has 2 aliphatic rings. The number of aromatic nitrogens is 1. The topological polar surface area (TPSA) is 67.5 Å². The van der Waals surface area contributed by atoms with Crippen molar-refractivity contribution < 1.29 is 14.5 Å². The molecule has 1 N–H and O–H groups in total. The van der Waals surface area contributed by atoms with Crippen LogP contribution in [0.1, 0.15) is 55.7 Å². The average Bonchev–Trinajstić information content (AvgIpc) is 2.66. The summed E-state index contributed by atoms with van der Waals surface area (Å²) in [7, 11) is 0. The van der Waals surface area contributed by atoms with Crippen molar-refractivity contribution in [2.45, 2.75) is 56.9 Å². The molecule has 5 nitrogen and oxygen atoms in total. The fourth-order valence-electron chi connectivity index (χ4n) is 3.77. The van der Waals surface area contributed by atoms with Crippen molar-refractivity contribution in [1.82, 2.24) is 0 Å². The van der Waals surface area contributed by atoms with Gasteiger partial charge in [-0.15, -0.1) is 0 Å². The van der Waals surface area contributed by atoms with Crippen LogP contribution in [0.4, 0.5) is 5.82 Å². The summed E-state index contributed by atoms with van der Waals surface area (Å²) in [5, 5.41) is 10.5. The van der Waals surface area contributed by atoms with E-state index in [1.54, 1.807) is 0 Å². The van der Waals surface area contributed by atoms with Gasteiger partial charge in [-0.05, 0) is 57.4 Å². The molecule has 1 aliphatic carbocycles. The lowest BCUT2D eigenvalue weighted by Gasteiger charge is -2.26. The minimum absolute atomic E-state index is 0.233. The normalized spacial score (nSPS) is 16.9. The molecule has 0 bridgehead atoms. The van der Waals surface area contributed by atoms with Crippen molar-refractivity contribution in [2.75, 3.05) is 30.3 Å². The van der Waals surface area contributed by atoms with E-state index in [2.05, 4.69) is 16.0 Å². The molecular formula is C19H26N3O2S+. The number of H-pyrrole nitrogens is 1. The summed E-state index contributed by atoms with van der Waals surface area (Å²) < 4.78 is 5.03. The molecule has 3 rings (SSSR count). The summed E-state index contributed by atoms with van der Waals surface area (Å²) in [6, 6.07) is 2.39. The number of fused-ring (bicyclic) bond motifs is 1. The summed E-state index contributed by atoms with van der Waals surface area (Å²) >= 11 is 1.39. The number of thioether (sulfide) groups is 1. The Morgan fingerprint density at radius 2 is 1.92 bits per heavy atom. The first-order chi connectivity index (χ1) is 12.2. The molecule has 1 aromatic rings. The summed E-state index contributed by atoms with van der Waals surface area (Å²) in [5.41, 5.74) is 3.24. The van der Waals surface area contributed by atoms with Crippen molar-refractivity contribution in [1.29, 1.82) is 5.26 Å². The predicted molar refractivity (Wildman–Crippen MR) is 97.8 cm³/mol. The van der Waals surface area contributed by atoms with E-state index in [1.165, 1.54) is 54.4 Å². The summed E-state index contributed by atoms with van der Waals surface area (Å²) in [6.45, 7) is 4.33. The smallest absolute Gasteiger partial charge is 0.316 e. The van der Waals surface area contributed by atoms with Gasteiger partial charge in [0.1, 0.15) is 11.6 Å². The maximum atomic E-state index is 11.7. The zero-order valence-electron chi connectivity index (χ0n) is 14.9. The van der Waals surface area contributed by atoms with Crippen LogP contribution in [-0.4, -0.2) is 31.4 Å². The summed E-state index contributed by atoms with van der Waals surface area (Å²) in [4.78, 5) is 17.7. The number of hydrogen-bond donors (Lipinski definition) is 0. The van der Waals surface area contributed by atoms with Crippen molar-refractivity contribution in [2.24, 2.45) is 0 Å². The van der Waals surface area contributed by atoms with E-state index >= 15 is 0 Å². The minimum Gasteiger partial charge on any atom is -0.465 e. The van der Waals surface area contributed by atoms with Gasteiger partial charge in [0, 0.05) is 5.56 Å². The van der Waals surface area contributed by atoms with Crippen LogP contribution in [0.5, 0.6) is 0 Å². The van der Waals surface area contributed by atoms with Crippen LogP contribution in [-0.2, 0) is 22.4 Å². The summed E-state index contributed by atoms with van der Waals surface area (Å²) in [6.07, 6.45) is 8.03. The number of piperidine rings is 1. The van der Waals surface area contributed by atoms with E-state index < -0.39 is 0 Å². The number of nitrogens with one attached hydrogen (secondary N) is 1. The highest BCUT2D eigenvalue weighted by Gasteiger charge is 2.30. The maximum absolute atomic E-state index is 11.7. The van der Waals surface area contributed by atoms with E-state index in [1.807, 2.05) is 6.92 Å². The van der Waals surface area contributed by atoms with E-state index in [-0.39, 0.29) is 11.7 Å². The number of carbonyl (C=O) groups is 1. The Kier molecular flexibility index (Phi) is 6.19. The fourth-order valence-corrected chi connectivity index (χ4v) is 4.60. The first-order valence-corrected chi connectivity index (χ1v) is 10.3. The van der Waals surface area contributed by atoms with Gasteiger partial charge in [-0.25, -0.2) is 4.98 Å². The molecule has 2 heterocycles. The highest BCUT2D eigenvalue weighted by atomic mass is 32.2. The Morgan fingerprint density at radius 3 is 2.60 bits per heavy atom. The monoisotopic (exact) mass is 360 g/mol. The molecule has 0 radical (unpaired) electrons. The average molecular weight is 361 g/mol. The van der Waals surface area contributed by atoms with Gasteiger partial charge in [0.2, 0.25) is 0 Å². The van der Waals surface area contributed by atoms with Gasteiger partial charge in [0.05, 0.1) is 25.4 Å². The van der Waals surface area contributed by atoms with Crippen LogP contribution in [0, 0.1) is 11.3 Å². The molecule has 0 aromatic carbocycles. The number of esters is 1. The number of carbonyl (C=O) groups excluding carboxylic acids is 1. The number of aromatic amines is 1. The molecular weight excluding hydrogens is 334 g/mol. The molecule has 1 aromatic heterocycles. The van der Waals surface area contributed by atoms with Crippen LogP contribution < -0.4 is 9.88 Å². The Labute approximate surface area is 153 Å². The van der Waals surface area contributed by atoms with Crippen molar-refractivity contribution >= 4 is 23.5 Å². The minimum atomic E-state index is -0.234. The second kappa shape index (κ2) is 8.57. The largest absolute Gasteiger partial charge is 0.465 e. The lowest BCUT2D eigenvalue weighted by molar-refractivity contribution is -0.414. The Hall–Kier alpha value is -1.74. The predicted octanol–water partition coefficient (Wildman–Crippen LogP) is 2.90. The first-order valence-electron chi connectivity index (χ1n) is 9.29. The number of rotatable bonds is 5. The van der Waals surface area contributed by atoms with Crippen molar-refractivity contribution in [3.05, 3.63) is 16.7 Å². The molecule has 6 heteroatoms. The van der Waals surface area contributed by atoms with Crippen LogP contribution in [0.3, 0.4) is 0 Å². The number of nitriles is 1. The Bertz CT molecular complexity index is 678. The summed E-state index contributed by atoms with van der Waals surface area (Å²) in [5.74, 6) is 1.18.